The highest BCUT2D eigenvalue weighted by molar-refractivity contribution is 9.10. The Bertz CT molecular complexity index is 467. The van der Waals surface area contributed by atoms with Gasteiger partial charge in [0, 0.05) is 24.5 Å². The Morgan fingerprint density at radius 2 is 1.76 bits per heavy atom. The first-order chi connectivity index (χ1) is 8.11. The van der Waals surface area contributed by atoms with Crippen LogP contribution in [-0.4, -0.2) is 26.2 Å². The molecule has 94 valence electrons. The molecule has 6 heteroatoms. The van der Waals surface area contributed by atoms with Gasteiger partial charge in [0.15, 0.2) is 0 Å². The van der Waals surface area contributed by atoms with Crippen molar-refractivity contribution in [1.82, 2.24) is 0 Å². The van der Waals surface area contributed by atoms with E-state index in [4.69, 9.17) is 0 Å². The molecular formula is C11H15BrN2O2S. The molecule has 0 saturated carbocycles. The number of alkyl halides is 1. The highest BCUT2D eigenvalue weighted by Crippen LogP contribution is 2.22. The molecule has 0 atom stereocenters. The van der Waals surface area contributed by atoms with Crippen LogP contribution in [0.5, 0.6) is 0 Å². The maximum absolute atomic E-state index is 11.3. The molecule has 1 saturated heterocycles. The van der Waals surface area contributed by atoms with Crippen LogP contribution in [0, 0.1) is 0 Å². The van der Waals surface area contributed by atoms with E-state index >= 15 is 0 Å². The summed E-state index contributed by atoms with van der Waals surface area (Å²) in [6.45, 7) is 2.18. The van der Waals surface area contributed by atoms with Crippen LogP contribution in [0.1, 0.15) is 12.8 Å². The van der Waals surface area contributed by atoms with Crippen molar-refractivity contribution in [2.75, 3.05) is 27.4 Å². The molecule has 0 aliphatic carbocycles. The minimum absolute atomic E-state index is 0.0894. The second-order valence-corrected chi connectivity index (χ2v) is 7.09. The summed E-state index contributed by atoms with van der Waals surface area (Å²) in [6, 6.07) is 7.51. The summed E-state index contributed by atoms with van der Waals surface area (Å²) in [5.74, 6) is 0. The third-order valence-electron chi connectivity index (χ3n) is 2.76. The first kappa shape index (κ1) is 12.7. The standard InChI is InChI=1S/C11H15BrN2O2S/c12-9-17(15,16)13-10-3-5-11(6-4-10)14-7-1-2-8-14/h3-6,13H,1-2,7-9H2. The molecule has 1 aromatic carbocycles. The lowest BCUT2D eigenvalue weighted by molar-refractivity contribution is 0.606. The second-order valence-electron chi connectivity index (χ2n) is 4.07. The molecule has 1 aliphatic rings. The average molecular weight is 319 g/mol. The Labute approximate surface area is 110 Å². The maximum atomic E-state index is 11.3. The molecule has 1 fully saturated rings. The predicted molar refractivity (Wildman–Crippen MR) is 74.2 cm³/mol. The fraction of sp³-hybridized carbons (Fsp3) is 0.455. The number of benzene rings is 1. The topological polar surface area (TPSA) is 49.4 Å². The Morgan fingerprint density at radius 1 is 1.18 bits per heavy atom. The van der Waals surface area contributed by atoms with Crippen molar-refractivity contribution in [2.24, 2.45) is 0 Å². The summed E-state index contributed by atoms with van der Waals surface area (Å²) >= 11 is 2.94. The highest BCUT2D eigenvalue weighted by Gasteiger charge is 2.12. The van der Waals surface area contributed by atoms with Crippen molar-refractivity contribution in [3.05, 3.63) is 24.3 Å². The molecule has 1 heterocycles. The van der Waals surface area contributed by atoms with Gasteiger partial charge in [0.2, 0.25) is 10.0 Å². The lowest BCUT2D eigenvalue weighted by Crippen LogP contribution is -2.17. The summed E-state index contributed by atoms with van der Waals surface area (Å²) < 4.78 is 25.1. The highest BCUT2D eigenvalue weighted by atomic mass is 79.9. The Hall–Kier alpha value is -0.750. The monoisotopic (exact) mass is 318 g/mol. The average Bonchev–Trinajstić information content (AvgIpc) is 2.83. The lowest BCUT2D eigenvalue weighted by atomic mass is 10.2. The van der Waals surface area contributed by atoms with E-state index in [9.17, 15) is 8.42 Å². The van der Waals surface area contributed by atoms with Crippen LogP contribution >= 0.6 is 15.9 Å². The first-order valence-electron chi connectivity index (χ1n) is 5.52. The van der Waals surface area contributed by atoms with E-state index in [1.807, 2.05) is 12.1 Å². The van der Waals surface area contributed by atoms with E-state index in [0.717, 1.165) is 18.8 Å². The minimum atomic E-state index is -3.25. The van der Waals surface area contributed by atoms with Gasteiger partial charge in [-0.1, -0.05) is 15.9 Å². The third kappa shape index (κ3) is 3.35. The third-order valence-corrected chi connectivity index (χ3v) is 5.40. The Kier molecular flexibility index (Phi) is 3.93. The van der Waals surface area contributed by atoms with E-state index < -0.39 is 10.0 Å². The van der Waals surface area contributed by atoms with E-state index in [0.29, 0.717) is 5.69 Å². The van der Waals surface area contributed by atoms with Crippen LogP contribution in [0.4, 0.5) is 11.4 Å². The number of nitrogens with one attached hydrogen (secondary N) is 1. The van der Waals surface area contributed by atoms with Crippen molar-refractivity contribution >= 4 is 37.3 Å². The molecule has 0 unspecified atom stereocenters. The zero-order chi connectivity index (χ0) is 12.3. The fourth-order valence-electron chi connectivity index (χ4n) is 1.92. The number of hydrogen-bond acceptors (Lipinski definition) is 3. The minimum Gasteiger partial charge on any atom is -0.372 e. The molecule has 0 bridgehead atoms. The van der Waals surface area contributed by atoms with E-state index in [-0.39, 0.29) is 4.66 Å². The number of nitrogens with zero attached hydrogens (tertiary/aromatic N) is 1. The summed E-state index contributed by atoms with van der Waals surface area (Å²) in [6.07, 6.45) is 2.47. The zero-order valence-electron chi connectivity index (χ0n) is 9.39. The lowest BCUT2D eigenvalue weighted by Gasteiger charge is -2.17. The van der Waals surface area contributed by atoms with Crippen LogP contribution in [0.2, 0.25) is 0 Å². The van der Waals surface area contributed by atoms with Crippen molar-refractivity contribution in [1.29, 1.82) is 0 Å². The fourth-order valence-corrected chi connectivity index (χ4v) is 2.82. The van der Waals surface area contributed by atoms with Gasteiger partial charge in [-0.2, -0.15) is 0 Å². The number of sulfonamides is 1. The summed E-state index contributed by atoms with van der Waals surface area (Å²) in [7, 11) is -3.25. The molecule has 0 spiro atoms. The molecule has 1 N–H and O–H groups in total. The molecule has 4 nitrogen and oxygen atoms in total. The molecule has 17 heavy (non-hydrogen) atoms. The van der Waals surface area contributed by atoms with Crippen LogP contribution < -0.4 is 9.62 Å². The van der Waals surface area contributed by atoms with E-state index in [2.05, 4.69) is 25.6 Å². The van der Waals surface area contributed by atoms with E-state index in [1.54, 1.807) is 12.1 Å². The first-order valence-corrected chi connectivity index (χ1v) is 8.29. The normalized spacial score (nSPS) is 16.2. The molecule has 2 rings (SSSR count). The van der Waals surface area contributed by atoms with Gasteiger partial charge in [-0.3, -0.25) is 4.72 Å². The van der Waals surface area contributed by atoms with Gasteiger partial charge < -0.3 is 4.90 Å². The van der Waals surface area contributed by atoms with Gasteiger partial charge in [-0.05, 0) is 37.1 Å². The van der Waals surface area contributed by atoms with Crippen LogP contribution in [-0.2, 0) is 10.0 Å². The predicted octanol–water partition coefficient (Wildman–Crippen LogP) is 2.38. The number of halogens is 1. The number of anilines is 2. The quantitative estimate of drug-likeness (QED) is 0.867. The largest absolute Gasteiger partial charge is 0.372 e. The smallest absolute Gasteiger partial charge is 0.242 e. The van der Waals surface area contributed by atoms with Crippen molar-refractivity contribution in [2.45, 2.75) is 12.8 Å². The van der Waals surface area contributed by atoms with Crippen molar-refractivity contribution in [3.63, 3.8) is 0 Å². The van der Waals surface area contributed by atoms with Crippen molar-refractivity contribution < 1.29 is 8.42 Å². The summed E-state index contributed by atoms with van der Waals surface area (Å²) in [4.78, 5) is 2.31. The molecule has 1 aromatic rings. The second kappa shape index (κ2) is 5.27. The molecule has 0 radical (unpaired) electrons. The molecular weight excluding hydrogens is 304 g/mol. The van der Waals surface area contributed by atoms with Crippen LogP contribution in [0.25, 0.3) is 0 Å². The van der Waals surface area contributed by atoms with Crippen LogP contribution in [0.3, 0.4) is 0 Å². The zero-order valence-corrected chi connectivity index (χ0v) is 11.8. The van der Waals surface area contributed by atoms with Gasteiger partial charge in [-0.25, -0.2) is 8.42 Å². The molecule has 1 aliphatic heterocycles. The summed E-state index contributed by atoms with van der Waals surface area (Å²) in [5.41, 5.74) is 1.76. The van der Waals surface area contributed by atoms with Gasteiger partial charge in [0.05, 0.1) is 0 Å². The van der Waals surface area contributed by atoms with Gasteiger partial charge in [-0.15, -0.1) is 0 Å². The number of hydrogen-bond donors (Lipinski definition) is 1. The Morgan fingerprint density at radius 3 is 2.29 bits per heavy atom. The van der Waals surface area contributed by atoms with Gasteiger partial charge in [0.1, 0.15) is 4.66 Å². The maximum Gasteiger partial charge on any atom is 0.242 e. The van der Waals surface area contributed by atoms with Gasteiger partial charge >= 0.3 is 0 Å². The summed E-state index contributed by atoms with van der Waals surface area (Å²) in [5, 5.41) is 0. The van der Waals surface area contributed by atoms with E-state index in [1.165, 1.54) is 12.8 Å². The number of rotatable bonds is 4. The van der Waals surface area contributed by atoms with Gasteiger partial charge in [0.25, 0.3) is 0 Å². The molecule has 0 aromatic heterocycles. The molecule has 0 amide bonds. The van der Waals surface area contributed by atoms with Crippen LogP contribution in [0.15, 0.2) is 24.3 Å². The van der Waals surface area contributed by atoms with Crippen molar-refractivity contribution in [3.8, 4) is 0 Å². The SMILES string of the molecule is O=S(=O)(CBr)Nc1ccc(N2CCCC2)cc1. The Balaban J connectivity index is 2.07.